The fourth-order valence-corrected chi connectivity index (χ4v) is 5.76. The first-order chi connectivity index (χ1) is 10.3. The summed E-state index contributed by atoms with van der Waals surface area (Å²) in [5.41, 5.74) is 3.22. The van der Waals surface area contributed by atoms with Crippen molar-refractivity contribution in [1.29, 1.82) is 0 Å². The van der Waals surface area contributed by atoms with E-state index in [2.05, 4.69) is 12.3 Å². The first-order valence-corrected chi connectivity index (χ1v) is 9.76. The van der Waals surface area contributed by atoms with Crippen LogP contribution in [0.25, 0.3) is 0 Å². The minimum atomic E-state index is 0.599. The molecule has 3 rings (SSSR count). The van der Waals surface area contributed by atoms with Crippen molar-refractivity contribution in [2.24, 2.45) is 35.4 Å². The lowest BCUT2D eigenvalue weighted by atomic mass is 9.73. The molecule has 3 aliphatic carbocycles. The second-order valence-electron chi connectivity index (χ2n) is 8.37. The zero-order valence-corrected chi connectivity index (χ0v) is 14.0. The first kappa shape index (κ1) is 15.8. The Balaban J connectivity index is 1.44. The molecule has 2 nitrogen and oxygen atoms in total. The van der Waals surface area contributed by atoms with Gasteiger partial charge in [-0.3, -0.25) is 11.3 Å². The summed E-state index contributed by atoms with van der Waals surface area (Å²) in [4.78, 5) is 0. The number of unbranched alkanes of at least 4 members (excludes halogenated alkanes) is 1. The average Bonchev–Trinajstić information content (AvgIpc) is 3.14. The van der Waals surface area contributed by atoms with Crippen molar-refractivity contribution in [3.05, 3.63) is 0 Å². The van der Waals surface area contributed by atoms with Crippen LogP contribution in [0.2, 0.25) is 0 Å². The van der Waals surface area contributed by atoms with Crippen LogP contribution in [0.15, 0.2) is 0 Å². The molecule has 21 heavy (non-hydrogen) atoms. The van der Waals surface area contributed by atoms with Gasteiger partial charge in [0, 0.05) is 6.04 Å². The monoisotopic (exact) mass is 292 g/mol. The van der Waals surface area contributed by atoms with Crippen molar-refractivity contribution >= 4 is 0 Å². The molecule has 4 unspecified atom stereocenters. The van der Waals surface area contributed by atoms with E-state index >= 15 is 0 Å². The van der Waals surface area contributed by atoms with Gasteiger partial charge in [-0.1, -0.05) is 45.4 Å². The van der Waals surface area contributed by atoms with Crippen LogP contribution in [0, 0.1) is 29.6 Å². The molecule has 0 aromatic carbocycles. The first-order valence-electron chi connectivity index (χ1n) is 9.76. The van der Waals surface area contributed by atoms with E-state index in [1.165, 1.54) is 77.0 Å². The fourth-order valence-electron chi connectivity index (χ4n) is 5.76. The van der Waals surface area contributed by atoms with E-state index in [0.29, 0.717) is 6.04 Å². The highest BCUT2D eigenvalue weighted by Crippen LogP contribution is 2.50. The van der Waals surface area contributed by atoms with Gasteiger partial charge < -0.3 is 0 Å². The number of rotatable bonds is 7. The van der Waals surface area contributed by atoms with E-state index in [1.807, 2.05) is 0 Å². The Morgan fingerprint density at radius 2 is 1.86 bits per heavy atom. The van der Waals surface area contributed by atoms with Crippen molar-refractivity contribution < 1.29 is 0 Å². The summed E-state index contributed by atoms with van der Waals surface area (Å²) in [5.74, 6) is 10.9. The summed E-state index contributed by atoms with van der Waals surface area (Å²) in [5, 5.41) is 0. The van der Waals surface area contributed by atoms with Crippen LogP contribution in [0.1, 0.15) is 84.0 Å². The van der Waals surface area contributed by atoms with Crippen LogP contribution in [-0.4, -0.2) is 6.04 Å². The highest BCUT2D eigenvalue weighted by atomic mass is 15.2. The van der Waals surface area contributed by atoms with Gasteiger partial charge in [0.05, 0.1) is 0 Å². The van der Waals surface area contributed by atoms with Gasteiger partial charge in [0.2, 0.25) is 0 Å². The largest absolute Gasteiger partial charge is 0.271 e. The van der Waals surface area contributed by atoms with Crippen molar-refractivity contribution in [3.8, 4) is 0 Å². The molecule has 3 N–H and O–H groups in total. The van der Waals surface area contributed by atoms with Gasteiger partial charge >= 0.3 is 0 Å². The molecule has 122 valence electrons. The highest BCUT2D eigenvalue weighted by molar-refractivity contribution is 4.93. The third-order valence-electron chi connectivity index (χ3n) is 7.08. The molecule has 0 heterocycles. The molecule has 0 spiro atoms. The van der Waals surface area contributed by atoms with Gasteiger partial charge in [-0.05, 0) is 68.1 Å². The standard InChI is InChI=1S/C19H36N2/c1-2-3-4-14-5-8-16(9-6-14)19(21-20)13-18-12-15-7-10-17(18)11-15/h14-19,21H,2-13,20H2,1H3. The van der Waals surface area contributed by atoms with E-state index in [0.717, 1.165) is 29.6 Å². The minimum Gasteiger partial charge on any atom is -0.271 e. The molecule has 3 aliphatic rings. The lowest BCUT2D eigenvalue weighted by molar-refractivity contribution is 0.176. The van der Waals surface area contributed by atoms with Crippen LogP contribution < -0.4 is 11.3 Å². The molecular formula is C19H36N2. The van der Waals surface area contributed by atoms with Gasteiger partial charge in [0.15, 0.2) is 0 Å². The Morgan fingerprint density at radius 1 is 1.05 bits per heavy atom. The number of hydrogen-bond acceptors (Lipinski definition) is 2. The van der Waals surface area contributed by atoms with E-state index in [1.54, 1.807) is 0 Å². The topological polar surface area (TPSA) is 38.0 Å². The summed E-state index contributed by atoms with van der Waals surface area (Å²) >= 11 is 0. The lowest BCUT2D eigenvalue weighted by Gasteiger charge is -2.36. The quantitative estimate of drug-likeness (QED) is 0.530. The molecule has 0 aromatic rings. The van der Waals surface area contributed by atoms with Gasteiger partial charge in [0.1, 0.15) is 0 Å². The normalized spacial score (nSPS) is 40.6. The Hall–Kier alpha value is -0.0800. The molecule has 0 amide bonds. The molecule has 0 radical (unpaired) electrons. The average molecular weight is 293 g/mol. The molecule has 3 saturated carbocycles. The number of fused-ring (bicyclic) bond motifs is 2. The van der Waals surface area contributed by atoms with E-state index in [9.17, 15) is 0 Å². The number of hydrogen-bond donors (Lipinski definition) is 2. The molecule has 0 aromatic heterocycles. The van der Waals surface area contributed by atoms with Gasteiger partial charge in [-0.25, -0.2) is 0 Å². The number of nitrogens with two attached hydrogens (primary N) is 1. The number of nitrogens with one attached hydrogen (secondary N) is 1. The van der Waals surface area contributed by atoms with Crippen molar-refractivity contribution in [2.45, 2.75) is 90.0 Å². The number of hydrazine groups is 1. The second kappa shape index (κ2) is 7.46. The minimum absolute atomic E-state index is 0.599. The summed E-state index contributed by atoms with van der Waals surface area (Å²) in [7, 11) is 0. The Labute approximate surface area is 131 Å². The molecule has 0 aliphatic heterocycles. The lowest BCUT2D eigenvalue weighted by Crippen LogP contribution is -2.44. The van der Waals surface area contributed by atoms with E-state index in [4.69, 9.17) is 5.84 Å². The Morgan fingerprint density at radius 3 is 2.43 bits per heavy atom. The summed E-state index contributed by atoms with van der Waals surface area (Å²) < 4.78 is 0. The van der Waals surface area contributed by atoms with Crippen LogP contribution in [0.5, 0.6) is 0 Å². The smallest absolute Gasteiger partial charge is 0.0241 e. The fraction of sp³-hybridized carbons (Fsp3) is 1.00. The third-order valence-corrected chi connectivity index (χ3v) is 7.08. The van der Waals surface area contributed by atoms with Gasteiger partial charge in [-0.2, -0.15) is 0 Å². The highest BCUT2D eigenvalue weighted by Gasteiger charge is 2.41. The molecule has 3 fully saturated rings. The Kier molecular flexibility index (Phi) is 5.61. The predicted molar refractivity (Wildman–Crippen MR) is 89.6 cm³/mol. The van der Waals surface area contributed by atoms with Gasteiger partial charge in [0.25, 0.3) is 0 Å². The second-order valence-corrected chi connectivity index (χ2v) is 8.37. The van der Waals surface area contributed by atoms with E-state index < -0.39 is 0 Å². The van der Waals surface area contributed by atoms with Crippen LogP contribution >= 0.6 is 0 Å². The maximum absolute atomic E-state index is 5.94. The van der Waals surface area contributed by atoms with Crippen molar-refractivity contribution in [3.63, 3.8) is 0 Å². The molecule has 0 saturated heterocycles. The maximum atomic E-state index is 5.94. The van der Waals surface area contributed by atoms with Crippen LogP contribution in [-0.2, 0) is 0 Å². The summed E-state index contributed by atoms with van der Waals surface area (Å²) in [6.07, 6.45) is 17.4. The van der Waals surface area contributed by atoms with Crippen LogP contribution in [0.3, 0.4) is 0 Å². The predicted octanol–water partition coefficient (Wildman–Crippen LogP) is 4.64. The zero-order valence-electron chi connectivity index (χ0n) is 14.0. The summed E-state index contributed by atoms with van der Waals surface area (Å²) in [6, 6.07) is 0.599. The summed E-state index contributed by atoms with van der Waals surface area (Å²) in [6.45, 7) is 2.31. The SMILES string of the molecule is CCCCC1CCC(C(CC2CC3CCC2C3)NN)CC1. The molecular weight excluding hydrogens is 256 g/mol. The van der Waals surface area contributed by atoms with Crippen molar-refractivity contribution in [2.75, 3.05) is 0 Å². The van der Waals surface area contributed by atoms with Crippen LogP contribution in [0.4, 0.5) is 0 Å². The van der Waals surface area contributed by atoms with Crippen molar-refractivity contribution in [1.82, 2.24) is 5.43 Å². The maximum Gasteiger partial charge on any atom is 0.0241 e. The molecule has 4 atom stereocenters. The Bertz CT molecular complexity index is 309. The zero-order chi connectivity index (χ0) is 14.7. The van der Waals surface area contributed by atoms with Gasteiger partial charge in [-0.15, -0.1) is 0 Å². The molecule has 2 heteroatoms. The van der Waals surface area contributed by atoms with E-state index in [-0.39, 0.29) is 0 Å². The molecule has 2 bridgehead atoms. The third kappa shape index (κ3) is 3.82.